The van der Waals surface area contributed by atoms with Crippen LogP contribution < -0.4 is 11.1 Å². The average Bonchev–Trinajstić information content (AvgIpc) is 2.00. The van der Waals surface area contributed by atoms with Gasteiger partial charge in [0.2, 0.25) is 5.91 Å². The summed E-state index contributed by atoms with van der Waals surface area (Å²) in [4.78, 5) is 12.2. The van der Waals surface area contributed by atoms with E-state index in [-0.39, 0.29) is 11.9 Å². The van der Waals surface area contributed by atoms with E-state index in [1.54, 1.807) is 0 Å². The first-order valence-corrected chi connectivity index (χ1v) is 5.54. The van der Waals surface area contributed by atoms with Gasteiger partial charge in [-0.2, -0.15) is 0 Å². The third kappa shape index (κ3) is 1.90. The highest BCUT2D eigenvalue weighted by atomic mass is 32.1. The molecule has 1 unspecified atom stereocenters. The maximum absolute atomic E-state index is 11.9. The van der Waals surface area contributed by atoms with Crippen molar-refractivity contribution in [2.75, 3.05) is 0 Å². The summed E-state index contributed by atoms with van der Waals surface area (Å²) in [6, 6.07) is 0.203. The Hall–Kier alpha value is -0.640. The molecule has 0 spiro atoms. The minimum Gasteiger partial charge on any atom is -0.392 e. The van der Waals surface area contributed by atoms with Crippen LogP contribution in [0.25, 0.3) is 0 Å². The van der Waals surface area contributed by atoms with E-state index in [1.165, 1.54) is 0 Å². The maximum atomic E-state index is 11.9. The van der Waals surface area contributed by atoms with Crippen molar-refractivity contribution in [1.29, 1.82) is 0 Å². The van der Waals surface area contributed by atoms with Gasteiger partial charge in [-0.25, -0.2) is 0 Å². The largest absolute Gasteiger partial charge is 0.392 e. The van der Waals surface area contributed by atoms with Gasteiger partial charge in [0, 0.05) is 6.04 Å². The van der Waals surface area contributed by atoms with Crippen LogP contribution in [0.15, 0.2) is 0 Å². The van der Waals surface area contributed by atoms with E-state index in [0.717, 1.165) is 25.7 Å². The summed E-state index contributed by atoms with van der Waals surface area (Å²) < 4.78 is 0. The molecule has 0 heterocycles. The van der Waals surface area contributed by atoms with Crippen LogP contribution in [0.4, 0.5) is 0 Å². The lowest BCUT2D eigenvalue weighted by atomic mass is 9.68. The van der Waals surface area contributed by atoms with Crippen LogP contribution >= 0.6 is 12.2 Å². The van der Waals surface area contributed by atoms with Crippen molar-refractivity contribution in [3.05, 3.63) is 0 Å². The van der Waals surface area contributed by atoms with E-state index in [9.17, 15) is 4.79 Å². The van der Waals surface area contributed by atoms with Crippen LogP contribution in [0.1, 0.15) is 39.5 Å². The number of hydrogen-bond donors (Lipinski definition) is 2. The summed E-state index contributed by atoms with van der Waals surface area (Å²) in [5, 5.41) is 2.95. The van der Waals surface area contributed by atoms with Crippen molar-refractivity contribution < 1.29 is 4.79 Å². The Bertz CT molecular complexity index is 249. The molecule has 3 N–H and O–H groups in total. The monoisotopic (exact) mass is 214 g/mol. The van der Waals surface area contributed by atoms with Crippen molar-refractivity contribution in [3.63, 3.8) is 0 Å². The molecule has 1 aliphatic carbocycles. The topological polar surface area (TPSA) is 55.1 Å². The molecule has 0 bridgehead atoms. The van der Waals surface area contributed by atoms with Crippen LogP contribution in [0.3, 0.4) is 0 Å². The number of amides is 1. The highest BCUT2D eigenvalue weighted by molar-refractivity contribution is 7.80. The normalized spacial score (nSPS) is 20.7. The summed E-state index contributed by atoms with van der Waals surface area (Å²) in [6.45, 7) is 4.03. The Morgan fingerprint density at radius 1 is 1.64 bits per heavy atom. The van der Waals surface area contributed by atoms with Gasteiger partial charge in [-0.15, -0.1) is 0 Å². The van der Waals surface area contributed by atoms with Crippen LogP contribution in [-0.2, 0) is 4.79 Å². The molecule has 1 saturated carbocycles. The summed E-state index contributed by atoms with van der Waals surface area (Å²) in [5.41, 5.74) is 5.09. The molecule has 1 amide bonds. The van der Waals surface area contributed by atoms with Gasteiger partial charge >= 0.3 is 0 Å². The van der Waals surface area contributed by atoms with Gasteiger partial charge in [-0.05, 0) is 26.2 Å². The summed E-state index contributed by atoms with van der Waals surface area (Å²) >= 11 is 4.96. The lowest BCUT2D eigenvalue weighted by Crippen LogP contribution is -2.54. The van der Waals surface area contributed by atoms with Crippen LogP contribution in [-0.4, -0.2) is 16.9 Å². The molecule has 14 heavy (non-hydrogen) atoms. The van der Waals surface area contributed by atoms with Crippen molar-refractivity contribution in [2.24, 2.45) is 11.1 Å². The van der Waals surface area contributed by atoms with Crippen molar-refractivity contribution in [2.45, 2.75) is 45.6 Å². The first-order valence-electron chi connectivity index (χ1n) is 5.14. The van der Waals surface area contributed by atoms with E-state index in [4.69, 9.17) is 18.0 Å². The molecule has 1 aliphatic rings. The van der Waals surface area contributed by atoms with E-state index in [0.29, 0.717) is 4.99 Å². The highest BCUT2D eigenvalue weighted by Crippen LogP contribution is 2.41. The van der Waals surface area contributed by atoms with Gasteiger partial charge in [0.05, 0.1) is 10.4 Å². The van der Waals surface area contributed by atoms with E-state index in [2.05, 4.69) is 5.32 Å². The molecule has 4 heteroatoms. The number of thiocarbonyl (C=S) groups is 1. The average molecular weight is 214 g/mol. The zero-order valence-corrected chi connectivity index (χ0v) is 9.62. The Morgan fingerprint density at radius 2 is 2.21 bits per heavy atom. The Morgan fingerprint density at radius 3 is 2.50 bits per heavy atom. The van der Waals surface area contributed by atoms with Gasteiger partial charge in [0.25, 0.3) is 0 Å². The number of nitrogens with one attached hydrogen (secondary N) is 1. The molecule has 80 valence electrons. The number of carbonyl (C=O) groups excluding carboxylic acids is 1. The highest BCUT2D eigenvalue weighted by Gasteiger charge is 2.46. The standard InChI is InChI=1S/C10H18N2OS/c1-3-7(2)12-9(13)10(8(11)14)5-4-6-10/h7H,3-6H2,1-2H3,(H2,11,14)(H,12,13). The Balaban J connectivity index is 2.62. The molecule has 0 aromatic carbocycles. The molecule has 0 saturated heterocycles. The number of carbonyl (C=O) groups is 1. The number of hydrogen-bond acceptors (Lipinski definition) is 2. The molecule has 0 aromatic rings. The fraction of sp³-hybridized carbons (Fsp3) is 0.800. The van der Waals surface area contributed by atoms with Crippen LogP contribution in [0.2, 0.25) is 0 Å². The summed E-state index contributed by atoms with van der Waals surface area (Å²) in [5.74, 6) is 0.0191. The predicted molar refractivity (Wildman–Crippen MR) is 61.0 cm³/mol. The molecule has 0 radical (unpaired) electrons. The predicted octanol–water partition coefficient (Wildman–Crippen LogP) is 1.36. The SMILES string of the molecule is CCC(C)NC(=O)C1(C(N)=S)CCC1. The fourth-order valence-electron chi connectivity index (χ4n) is 1.58. The third-order valence-electron chi connectivity index (χ3n) is 3.10. The minimum absolute atomic E-state index is 0.0191. The van der Waals surface area contributed by atoms with Gasteiger partial charge in [0.15, 0.2) is 0 Å². The van der Waals surface area contributed by atoms with Crippen molar-refractivity contribution >= 4 is 23.1 Å². The molecular formula is C10H18N2OS. The Labute approximate surface area is 90.4 Å². The number of rotatable bonds is 4. The van der Waals surface area contributed by atoms with E-state index >= 15 is 0 Å². The fourth-order valence-corrected chi connectivity index (χ4v) is 1.88. The quantitative estimate of drug-likeness (QED) is 0.695. The summed E-state index contributed by atoms with van der Waals surface area (Å²) in [6.07, 6.45) is 3.60. The molecular weight excluding hydrogens is 196 g/mol. The molecule has 1 atom stereocenters. The second kappa shape index (κ2) is 4.26. The van der Waals surface area contributed by atoms with Crippen molar-refractivity contribution in [3.8, 4) is 0 Å². The molecule has 1 fully saturated rings. The van der Waals surface area contributed by atoms with Crippen molar-refractivity contribution in [1.82, 2.24) is 5.32 Å². The smallest absolute Gasteiger partial charge is 0.233 e. The molecule has 0 aromatic heterocycles. The number of nitrogens with two attached hydrogens (primary N) is 1. The van der Waals surface area contributed by atoms with E-state index < -0.39 is 5.41 Å². The van der Waals surface area contributed by atoms with Gasteiger partial charge in [0.1, 0.15) is 0 Å². The third-order valence-corrected chi connectivity index (χ3v) is 3.49. The van der Waals surface area contributed by atoms with Gasteiger partial charge in [-0.1, -0.05) is 25.6 Å². The van der Waals surface area contributed by atoms with E-state index in [1.807, 2.05) is 13.8 Å². The Kier molecular flexibility index (Phi) is 3.48. The maximum Gasteiger partial charge on any atom is 0.233 e. The zero-order valence-electron chi connectivity index (χ0n) is 8.80. The first-order chi connectivity index (χ1) is 6.53. The van der Waals surface area contributed by atoms with Gasteiger partial charge < -0.3 is 11.1 Å². The molecule has 1 rings (SSSR count). The lowest BCUT2D eigenvalue weighted by molar-refractivity contribution is -0.131. The molecule has 3 nitrogen and oxygen atoms in total. The second-order valence-corrected chi connectivity index (χ2v) is 4.52. The minimum atomic E-state index is -0.529. The second-order valence-electron chi connectivity index (χ2n) is 4.08. The lowest BCUT2D eigenvalue weighted by Gasteiger charge is -2.39. The van der Waals surface area contributed by atoms with Gasteiger partial charge in [-0.3, -0.25) is 4.79 Å². The summed E-state index contributed by atoms with van der Waals surface area (Å²) in [7, 11) is 0. The first kappa shape index (κ1) is 11.4. The van der Waals surface area contributed by atoms with Crippen LogP contribution in [0, 0.1) is 5.41 Å². The zero-order chi connectivity index (χ0) is 10.8. The molecule has 0 aliphatic heterocycles. The van der Waals surface area contributed by atoms with Crippen LogP contribution in [0.5, 0.6) is 0 Å².